The summed E-state index contributed by atoms with van der Waals surface area (Å²) >= 11 is 0. The maximum atomic E-state index is 12.5. The molecule has 1 aliphatic rings. The fourth-order valence-corrected chi connectivity index (χ4v) is 3.89. The molecule has 0 unspecified atom stereocenters. The minimum absolute atomic E-state index is 0.0421. The van der Waals surface area contributed by atoms with Gasteiger partial charge in [-0.2, -0.15) is 4.31 Å². The van der Waals surface area contributed by atoms with E-state index >= 15 is 0 Å². The highest BCUT2D eigenvalue weighted by atomic mass is 32.2. The highest BCUT2D eigenvalue weighted by molar-refractivity contribution is 7.89. The minimum Gasteiger partial charge on any atom is -0.353 e. The molecule has 0 spiro atoms. The molecule has 1 aromatic carbocycles. The summed E-state index contributed by atoms with van der Waals surface area (Å²) in [4.78, 5) is 10.1. The van der Waals surface area contributed by atoms with Crippen LogP contribution >= 0.6 is 0 Å². The third-order valence-electron chi connectivity index (χ3n) is 3.91. The number of nitro benzene ring substituents is 1. The molecule has 1 fully saturated rings. The van der Waals surface area contributed by atoms with Gasteiger partial charge in [-0.25, -0.2) is 8.42 Å². The number of nitrogens with zero attached hydrogens (tertiary/aromatic N) is 2. The average molecular weight is 330 g/mol. The predicted octanol–water partition coefficient (Wildman–Crippen LogP) is 1.37. The van der Waals surface area contributed by atoms with Crippen LogP contribution in [-0.2, 0) is 19.5 Å². The molecule has 0 N–H and O–H groups in total. The highest BCUT2D eigenvalue weighted by Crippen LogP contribution is 2.30. The van der Waals surface area contributed by atoms with E-state index in [9.17, 15) is 18.5 Å². The van der Waals surface area contributed by atoms with Gasteiger partial charge in [0.2, 0.25) is 10.0 Å². The molecule has 8 nitrogen and oxygen atoms in total. The van der Waals surface area contributed by atoms with Gasteiger partial charge in [-0.05, 0) is 12.1 Å². The van der Waals surface area contributed by atoms with Crippen LogP contribution in [-0.4, -0.2) is 50.7 Å². The van der Waals surface area contributed by atoms with Crippen LogP contribution in [0.4, 0.5) is 5.69 Å². The van der Waals surface area contributed by atoms with Gasteiger partial charge in [0.05, 0.1) is 9.82 Å². The van der Waals surface area contributed by atoms with E-state index in [0.717, 1.165) is 0 Å². The number of hydrogen-bond donors (Lipinski definition) is 0. The summed E-state index contributed by atoms with van der Waals surface area (Å²) in [6.07, 6.45) is 0.846. The lowest BCUT2D eigenvalue weighted by molar-refractivity contribution is -0.384. The van der Waals surface area contributed by atoms with Crippen LogP contribution in [0.2, 0.25) is 0 Å². The molecular weight excluding hydrogens is 312 g/mol. The summed E-state index contributed by atoms with van der Waals surface area (Å²) in [5.41, 5.74) is -0.143. The molecular formula is C13H18N2O6S. The molecule has 2 rings (SSSR count). The summed E-state index contributed by atoms with van der Waals surface area (Å²) in [5.74, 6) is -0.749. The van der Waals surface area contributed by atoms with Crippen LogP contribution in [0, 0.1) is 10.1 Å². The van der Waals surface area contributed by atoms with Gasteiger partial charge in [0, 0.05) is 52.3 Å². The number of rotatable bonds is 5. The van der Waals surface area contributed by atoms with Crippen molar-refractivity contribution in [3.8, 4) is 0 Å². The minimum atomic E-state index is -3.67. The SMILES string of the molecule is COC1(OC)CCN(S(=O)(=O)c2ccc([N+](=O)[O-])cc2)CC1. The molecule has 1 saturated heterocycles. The van der Waals surface area contributed by atoms with Gasteiger partial charge < -0.3 is 9.47 Å². The van der Waals surface area contributed by atoms with Crippen LogP contribution in [0.15, 0.2) is 29.2 Å². The second-order valence-electron chi connectivity index (χ2n) is 4.97. The zero-order chi connectivity index (χ0) is 16.4. The molecule has 1 aliphatic heterocycles. The Kier molecular flexibility index (Phi) is 4.81. The maximum absolute atomic E-state index is 12.5. The van der Waals surface area contributed by atoms with Crippen LogP contribution in [0.5, 0.6) is 0 Å². The monoisotopic (exact) mass is 330 g/mol. The number of nitro groups is 1. The normalized spacial score (nSPS) is 19.0. The molecule has 1 heterocycles. The summed E-state index contributed by atoms with van der Waals surface area (Å²) < 4.78 is 37.0. The van der Waals surface area contributed by atoms with E-state index in [1.807, 2.05) is 0 Å². The van der Waals surface area contributed by atoms with Crippen molar-refractivity contribution in [2.75, 3.05) is 27.3 Å². The average Bonchev–Trinajstić information content (AvgIpc) is 2.55. The lowest BCUT2D eigenvalue weighted by Gasteiger charge is -2.38. The molecule has 0 bridgehead atoms. The Bertz CT molecular complexity index is 629. The number of hydrogen-bond acceptors (Lipinski definition) is 6. The van der Waals surface area contributed by atoms with Crippen molar-refractivity contribution >= 4 is 15.7 Å². The third-order valence-corrected chi connectivity index (χ3v) is 5.83. The molecule has 22 heavy (non-hydrogen) atoms. The van der Waals surface area contributed by atoms with Crippen molar-refractivity contribution in [1.29, 1.82) is 0 Å². The van der Waals surface area contributed by atoms with Crippen molar-refractivity contribution in [3.05, 3.63) is 34.4 Å². The zero-order valence-corrected chi connectivity index (χ0v) is 13.2. The number of benzene rings is 1. The lowest BCUT2D eigenvalue weighted by atomic mass is 10.1. The Morgan fingerprint density at radius 2 is 1.64 bits per heavy atom. The molecule has 0 amide bonds. The topological polar surface area (TPSA) is 99.0 Å². The first kappa shape index (κ1) is 16.8. The molecule has 1 aromatic rings. The molecule has 0 aliphatic carbocycles. The first-order valence-corrected chi connectivity index (χ1v) is 8.13. The third kappa shape index (κ3) is 3.12. The van der Waals surface area contributed by atoms with Gasteiger partial charge in [0.15, 0.2) is 5.79 Å². The summed E-state index contributed by atoms with van der Waals surface area (Å²) in [5, 5.41) is 10.6. The first-order valence-electron chi connectivity index (χ1n) is 6.69. The van der Waals surface area contributed by atoms with E-state index in [4.69, 9.17) is 9.47 Å². The second-order valence-corrected chi connectivity index (χ2v) is 6.91. The van der Waals surface area contributed by atoms with E-state index in [0.29, 0.717) is 12.8 Å². The molecule has 0 saturated carbocycles. The number of non-ortho nitro benzene ring substituents is 1. The number of ether oxygens (including phenoxy) is 2. The second kappa shape index (κ2) is 6.29. The van der Waals surface area contributed by atoms with Crippen molar-refractivity contribution in [1.82, 2.24) is 4.31 Å². The van der Waals surface area contributed by atoms with Gasteiger partial charge in [-0.15, -0.1) is 0 Å². The van der Waals surface area contributed by atoms with Gasteiger partial charge >= 0.3 is 0 Å². The van der Waals surface area contributed by atoms with Crippen LogP contribution in [0.1, 0.15) is 12.8 Å². The summed E-state index contributed by atoms with van der Waals surface area (Å²) in [6, 6.07) is 4.88. The van der Waals surface area contributed by atoms with E-state index in [1.54, 1.807) is 0 Å². The van der Waals surface area contributed by atoms with Crippen LogP contribution < -0.4 is 0 Å². The fraction of sp³-hybridized carbons (Fsp3) is 0.538. The fourth-order valence-electron chi connectivity index (χ4n) is 2.45. The van der Waals surface area contributed by atoms with Gasteiger partial charge in [-0.1, -0.05) is 0 Å². The smallest absolute Gasteiger partial charge is 0.269 e. The van der Waals surface area contributed by atoms with Gasteiger partial charge in [-0.3, -0.25) is 10.1 Å². The van der Waals surface area contributed by atoms with Crippen molar-refractivity contribution in [2.24, 2.45) is 0 Å². The number of piperidine rings is 1. The van der Waals surface area contributed by atoms with Crippen molar-refractivity contribution in [3.63, 3.8) is 0 Å². The molecule has 0 atom stereocenters. The van der Waals surface area contributed by atoms with Crippen molar-refractivity contribution < 1.29 is 22.8 Å². The zero-order valence-electron chi connectivity index (χ0n) is 12.4. The molecule has 0 aromatic heterocycles. The number of sulfonamides is 1. The predicted molar refractivity (Wildman–Crippen MR) is 77.8 cm³/mol. The maximum Gasteiger partial charge on any atom is 0.269 e. The van der Waals surface area contributed by atoms with E-state index in [1.165, 1.54) is 42.8 Å². The van der Waals surface area contributed by atoms with E-state index < -0.39 is 20.7 Å². The Labute approximate surface area is 128 Å². The van der Waals surface area contributed by atoms with Crippen LogP contribution in [0.3, 0.4) is 0 Å². The van der Waals surface area contributed by atoms with Gasteiger partial charge in [0.1, 0.15) is 0 Å². The summed E-state index contributed by atoms with van der Waals surface area (Å²) in [7, 11) is -0.608. The Morgan fingerprint density at radius 1 is 1.14 bits per heavy atom. The first-order chi connectivity index (χ1) is 10.3. The van der Waals surface area contributed by atoms with E-state index in [-0.39, 0.29) is 23.7 Å². The lowest BCUT2D eigenvalue weighted by Crippen LogP contribution is -2.48. The van der Waals surface area contributed by atoms with Gasteiger partial charge in [0.25, 0.3) is 5.69 Å². The Balaban J connectivity index is 2.16. The van der Waals surface area contributed by atoms with Crippen LogP contribution in [0.25, 0.3) is 0 Å². The Hall–Kier alpha value is -1.55. The molecule has 9 heteroatoms. The molecule has 0 radical (unpaired) electrons. The van der Waals surface area contributed by atoms with E-state index in [2.05, 4.69) is 0 Å². The quantitative estimate of drug-likeness (QED) is 0.459. The molecule has 122 valence electrons. The summed E-state index contributed by atoms with van der Waals surface area (Å²) in [6.45, 7) is 0.530. The number of methoxy groups -OCH3 is 2. The Morgan fingerprint density at radius 3 is 2.05 bits per heavy atom. The standard InChI is InChI=1S/C13H18N2O6S/c1-20-13(21-2)7-9-14(10-8-13)22(18,19)12-5-3-11(4-6-12)15(16)17/h3-6H,7-10H2,1-2H3. The highest BCUT2D eigenvalue weighted by Gasteiger charge is 2.38. The van der Waals surface area contributed by atoms with Crippen molar-refractivity contribution in [2.45, 2.75) is 23.5 Å². The largest absolute Gasteiger partial charge is 0.353 e.